The van der Waals surface area contributed by atoms with Gasteiger partial charge in [-0.1, -0.05) is 27.5 Å². The number of sulfonamides is 1. The van der Waals surface area contributed by atoms with E-state index in [-0.39, 0.29) is 15.6 Å². The second kappa shape index (κ2) is 5.36. The van der Waals surface area contributed by atoms with E-state index in [1.54, 1.807) is 12.1 Å². The Morgan fingerprint density at radius 2 is 2.00 bits per heavy atom. The second-order valence-electron chi connectivity index (χ2n) is 3.60. The van der Waals surface area contributed by atoms with Crippen LogP contribution in [0.15, 0.2) is 50.8 Å². The maximum absolute atomic E-state index is 12.1. The smallest absolute Gasteiger partial charge is 0.267 e. The standard InChI is InChI=1S/C11H8BrClN2O3S/c12-7-1-2-8(13)9(5-7)15-19(17,18)11-6-14-4-3-10(11)16/h1-6,15H,(H,14,16). The van der Waals surface area contributed by atoms with E-state index in [2.05, 4.69) is 25.6 Å². The average molecular weight is 364 g/mol. The van der Waals surface area contributed by atoms with Gasteiger partial charge in [0.2, 0.25) is 5.43 Å². The number of benzene rings is 1. The number of aromatic nitrogens is 1. The van der Waals surface area contributed by atoms with E-state index < -0.39 is 15.5 Å². The number of pyridine rings is 1. The maximum atomic E-state index is 12.1. The minimum Gasteiger partial charge on any atom is -0.366 e. The quantitative estimate of drug-likeness (QED) is 0.880. The molecule has 1 aromatic heterocycles. The molecule has 8 heteroatoms. The van der Waals surface area contributed by atoms with Crippen molar-refractivity contribution in [3.63, 3.8) is 0 Å². The summed E-state index contributed by atoms with van der Waals surface area (Å²) in [6.45, 7) is 0. The molecule has 0 atom stereocenters. The summed E-state index contributed by atoms with van der Waals surface area (Å²) in [7, 11) is -3.98. The largest absolute Gasteiger partial charge is 0.366 e. The number of anilines is 1. The molecule has 1 aromatic carbocycles. The maximum Gasteiger partial charge on any atom is 0.267 e. The fraction of sp³-hybridized carbons (Fsp3) is 0. The number of nitrogens with one attached hydrogen (secondary N) is 2. The van der Waals surface area contributed by atoms with Gasteiger partial charge in [-0.3, -0.25) is 9.52 Å². The van der Waals surface area contributed by atoms with Gasteiger partial charge in [-0.25, -0.2) is 8.42 Å². The molecule has 0 saturated carbocycles. The first-order valence-electron chi connectivity index (χ1n) is 5.05. The van der Waals surface area contributed by atoms with Crippen LogP contribution in [0.4, 0.5) is 5.69 Å². The zero-order valence-electron chi connectivity index (χ0n) is 9.35. The van der Waals surface area contributed by atoms with Crippen LogP contribution in [0, 0.1) is 0 Å². The third-order valence-corrected chi connectivity index (χ3v) is 4.46. The Kier molecular flexibility index (Phi) is 3.98. The van der Waals surface area contributed by atoms with Crippen LogP contribution >= 0.6 is 27.5 Å². The van der Waals surface area contributed by atoms with Gasteiger partial charge in [0.05, 0.1) is 10.7 Å². The molecular weight excluding hydrogens is 356 g/mol. The van der Waals surface area contributed by atoms with Crippen molar-refractivity contribution in [3.8, 4) is 0 Å². The monoisotopic (exact) mass is 362 g/mol. The highest BCUT2D eigenvalue weighted by Crippen LogP contribution is 2.27. The van der Waals surface area contributed by atoms with Gasteiger partial charge in [-0.05, 0) is 18.2 Å². The van der Waals surface area contributed by atoms with Crippen LogP contribution in [0.2, 0.25) is 5.02 Å². The lowest BCUT2D eigenvalue weighted by Gasteiger charge is -2.09. The lowest BCUT2D eigenvalue weighted by atomic mass is 10.3. The molecule has 0 saturated heterocycles. The summed E-state index contributed by atoms with van der Waals surface area (Å²) in [4.78, 5) is 13.7. The van der Waals surface area contributed by atoms with E-state index in [4.69, 9.17) is 11.6 Å². The molecule has 2 rings (SSSR count). The number of hydrogen-bond donors (Lipinski definition) is 2. The first-order chi connectivity index (χ1) is 8.90. The van der Waals surface area contributed by atoms with E-state index >= 15 is 0 Å². The van der Waals surface area contributed by atoms with Crippen molar-refractivity contribution >= 4 is 43.2 Å². The van der Waals surface area contributed by atoms with Gasteiger partial charge in [-0.15, -0.1) is 0 Å². The average Bonchev–Trinajstić information content (AvgIpc) is 2.34. The van der Waals surface area contributed by atoms with Gasteiger partial charge in [0, 0.05) is 22.9 Å². The molecule has 0 radical (unpaired) electrons. The first-order valence-corrected chi connectivity index (χ1v) is 7.70. The molecule has 5 nitrogen and oxygen atoms in total. The second-order valence-corrected chi connectivity index (χ2v) is 6.58. The molecule has 0 spiro atoms. The van der Waals surface area contributed by atoms with Crippen molar-refractivity contribution in [2.45, 2.75) is 4.90 Å². The number of aromatic amines is 1. The van der Waals surface area contributed by atoms with E-state index in [1.807, 2.05) is 0 Å². The van der Waals surface area contributed by atoms with Gasteiger partial charge in [0.1, 0.15) is 0 Å². The molecule has 19 heavy (non-hydrogen) atoms. The van der Waals surface area contributed by atoms with Gasteiger partial charge in [0.25, 0.3) is 10.0 Å². The van der Waals surface area contributed by atoms with Crippen molar-refractivity contribution in [1.82, 2.24) is 4.98 Å². The molecule has 0 aliphatic rings. The number of rotatable bonds is 3. The van der Waals surface area contributed by atoms with Gasteiger partial charge in [-0.2, -0.15) is 0 Å². The Hall–Kier alpha value is -1.31. The molecular formula is C11H8BrClN2O3S. The van der Waals surface area contributed by atoms with Crippen molar-refractivity contribution in [1.29, 1.82) is 0 Å². The summed E-state index contributed by atoms with van der Waals surface area (Å²) in [6.07, 6.45) is 2.48. The minimum atomic E-state index is -3.98. The van der Waals surface area contributed by atoms with Crippen molar-refractivity contribution < 1.29 is 8.42 Å². The van der Waals surface area contributed by atoms with E-state index in [0.29, 0.717) is 4.47 Å². The Morgan fingerprint density at radius 1 is 1.26 bits per heavy atom. The van der Waals surface area contributed by atoms with Crippen molar-refractivity contribution in [2.24, 2.45) is 0 Å². The normalized spacial score (nSPS) is 11.3. The Labute approximate surface area is 122 Å². The Bertz CT molecular complexity index is 774. The Balaban J connectivity index is 2.45. The summed E-state index contributed by atoms with van der Waals surface area (Å²) in [5, 5.41) is 0.235. The SMILES string of the molecule is O=c1cc[nH]cc1S(=O)(=O)Nc1cc(Br)ccc1Cl. The zero-order chi connectivity index (χ0) is 14.0. The molecule has 0 bridgehead atoms. The van der Waals surface area contributed by atoms with Gasteiger partial charge >= 0.3 is 0 Å². The molecule has 0 aliphatic heterocycles. The summed E-state index contributed by atoms with van der Waals surface area (Å²) < 4.78 is 27.1. The van der Waals surface area contributed by atoms with E-state index in [1.165, 1.54) is 12.3 Å². The summed E-state index contributed by atoms with van der Waals surface area (Å²) in [6, 6.07) is 5.86. The molecule has 1 heterocycles. The lowest BCUT2D eigenvalue weighted by molar-refractivity contribution is 0.600. The summed E-state index contributed by atoms with van der Waals surface area (Å²) in [5.74, 6) is 0. The van der Waals surface area contributed by atoms with E-state index in [0.717, 1.165) is 12.3 Å². The molecule has 0 unspecified atom stereocenters. The first kappa shape index (κ1) is 14.1. The van der Waals surface area contributed by atoms with Crippen molar-refractivity contribution in [2.75, 3.05) is 4.72 Å². The molecule has 100 valence electrons. The number of H-pyrrole nitrogens is 1. The Morgan fingerprint density at radius 3 is 2.68 bits per heavy atom. The van der Waals surface area contributed by atoms with Crippen LogP contribution < -0.4 is 10.2 Å². The molecule has 0 aliphatic carbocycles. The zero-order valence-corrected chi connectivity index (χ0v) is 12.5. The van der Waals surface area contributed by atoms with Crippen LogP contribution in [0.25, 0.3) is 0 Å². The fourth-order valence-electron chi connectivity index (χ4n) is 1.39. The van der Waals surface area contributed by atoms with Gasteiger partial charge < -0.3 is 4.98 Å². The highest BCUT2D eigenvalue weighted by molar-refractivity contribution is 9.10. The van der Waals surface area contributed by atoms with Crippen molar-refractivity contribution in [3.05, 3.63) is 56.4 Å². The number of halogens is 2. The summed E-state index contributed by atoms with van der Waals surface area (Å²) >= 11 is 9.11. The van der Waals surface area contributed by atoms with Crippen LogP contribution in [-0.4, -0.2) is 13.4 Å². The van der Waals surface area contributed by atoms with E-state index in [9.17, 15) is 13.2 Å². The molecule has 2 N–H and O–H groups in total. The highest BCUT2D eigenvalue weighted by atomic mass is 79.9. The molecule has 2 aromatic rings. The topological polar surface area (TPSA) is 79.0 Å². The number of hydrogen-bond acceptors (Lipinski definition) is 3. The van der Waals surface area contributed by atoms with Crippen LogP contribution in [0.3, 0.4) is 0 Å². The van der Waals surface area contributed by atoms with Crippen LogP contribution in [0.1, 0.15) is 0 Å². The van der Waals surface area contributed by atoms with Crippen LogP contribution in [0.5, 0.6) is 0 Å². The molecule has 0 fully saturated rings. The molecule has 0 amide bonds. The van der Waals surface area contributed by atoms with Crippen LogP contribution in [-0.2, 0) is 10.0 Å². The predicted molar refractivity (Wildman–Crippen MR) is 77.0 cm³/mol. The highest BCUT2D eigenvalue weighted by Gasteiger charge is 2.19. The minimum absolute atomic E-state index is 0.194. The predicted octanol–water partition coefficient (Wildman–Crippen LogP) is 2.59. The third kappa shape index (κ3) is 3.17. The van der Waals surface area contributed by atoms with Gasteiger partial charge in [0.15, 0.2) is 4.90 Å². The summed E-state index contributed by atoms with van der Waals surface area (Å²) in [5.41, 5.74) is -0.406. The third-order valence-electron chi connectivity index (χ3n) is 2.25. The fourth-order valence-corrected chi connectivity index (χ4v) is 3.09. The lowest BCUT2D eigenvalue weighted by Crippen LogP contribution is -2.21.